The molecule has 0 saturated heterocycles. The maximum absolute atomic E-state index is 11.7. The monoisotopic (exact) mass is 512 g/mol. The standard InChI is InChI=1S/C33H52O4/c1-4-5-6-9-26-11-13-27(14-12-26)28-15-17-29(18-16-28)30-19-20-32(36-23-8-21-34)31(24-30)10-7-22-37-33(35)25(2)3/h19-20,24,26-29,34H,2,4-18,21-23H2,1,3H3. The quantitative estimate of drug-likeness (QED) is 0.146. The van der Waals surface area contributed by atoms with Gasteiger partial charge in [0.15, 0.2) is 0 Å². The van der Waals surface area contributed by atoms with Gasteiger partial charge in [-0.2, -0.15) is 0 Å². The summed E-state index contributed by atoms with van der Waals surface area (Å²) in [5, 5.41) is 9.13. The van der Waals surface area contributed by atoms with Crippen LogP contribution in [-0.4, -0.2) is 30.9 Å². The molecule has 0 aliphatic heterocycles. The number of aryl methyl sites for hydroxylation is 1. The fraction of sp³-hybridized carbons (Fsp3) is 0.727. The van der Waals surface area contributed by atoms with Crippen LogP contribution >= 0.6 is 0 Å². The molecule has 1 aromatic rings. The van der Waals surface area contributed by atoms with Crippen LogP contribution < -0.4 is 4.74 Å². The van der Waals surface area contributed by atoms with Gasteiger partial charge in [0, 0.05) is 18.6 Å². The molecule has 3 rings (SSSR count). The SMILES string of the molecule is C=C(C)C(=O)OCCCc1cc(C2CCC(C3CCC(CCCCC)CC3)CC2)ccc1OCCCO. The summed E-state index contributed by atoms with van der Waals surface area (Å²) in [7, 11) is 0. The Hall–Kier alpha value is -1.81. The van der Waals surface area contributed by atoms with Crippen molar-refractivity contribution >= 4 is 5.97 Å². The topological polar surface area (TPSA) is 55.8 Å². The number of hydrogen-bond donors (Lipinski definition) is 1. The molecule has 4 nitrogen and oxygen atoms in total. The third-order valence-electron chi connectivity index (χ3n) is 8.83. The van der Waals surface area contributed by atoms with Gasteiger partial charge < -0.3 is 14.6 Å². The predicted molar refractivity (Wildman–Crippen MR) is 152 cm³/mol. The summed E-state index contributed by atoms with van der Waals surface area (Å²) in [6, 6.07) is 6.71. The Morgan fingerprint density at radius 3 is 2.30 bits per heavy atom. The minimum absolute atomic E-state index is 0.133. The van der Waals surface area contributed by atoms with Gasteiger partial charge in [-0.25, -0.2) is 4.79 Å². The molecule has 0 amide bonds. The van der Waals surface area contributed by atoms with E-state index in [0.29, 0.717) is 31.1 Å². The highest BCUT2D eigenvalue weighted by Crippen LogP contribution is 2.45. The lowest BCUT2D eigenvalue weighted by Crippen LogP contribution is -2.25. The highest BCUT2D eigenvalue weighted by molar-refractivity contribution is 5.86. The molecule has 4 heteroatoms. The van der Waals surface area contributed by atoms with E-state index in [9.17, 15) is 4.79 Å². The number of aliphatic hydroxyl groups excluding tert-OH is 1. The van der Waals surface area contributed by atoms with E-state index in [-0.39, 0.29) is 12.6 Å². The molecule has 0 radical (unpaired) electrons. The lowest BCUT2D eigenvalue weighted by Gasteiger charge is -2.38. The number of aliphatic hydroxyl groups is 1. The third-order valence-corrected chi connectivity index (χ3v) is 8.83. The van der Waals surface area contributed by atoms with Gasteiger partial charge in [-0.1, -0.05) is 64.2 Å². The molecule has 2 fully saturated rings. The first-order valence-corrected chi connectivity index (χ1v) is 15.2. The lowest BCUT2D eigenvalue weighted by molar-refractivity contribution is -0.139. The number of rotatable bonds is 15. The molecule has 1 N–H and O–H groups in total. The van der Waals surface area contributed by atoms with Gasteiger partial charge in [-0.15, -0.1) is 0 Å². The van der Waals surface area contributed by atoms with Crippen molar-refractivity contribution < 1.29 is 19.4 Å². The van der Waals surface area contributed by atoms with Crippen LogP contribution in [0, 0.1) is 17.8 Å². The number of unbranched alkanes of at least 4 members (excludes halogenated alkanes) is 2. The number of carbonyl (C=O) groups is 1. The van der Waals surface area contributed by atoms with Gasteiger partial charge >= 0.3 is 5.97 Å². The summed E-state index contributed by atoms with van der Waals surface area (Å²) in [6.07, 6.45) is 19.0. The molecule has 208 valence electrons. The molecule has 2 saturated carbocycles. The van der Waals surface area contributed by atoms with Crippen molar-refractivity contribution in [3.8, 4) is 5.75 Å². The summed E-state index contributed by atoms with van der Waals surface area (Å²) in [6.45, 7) is 8.66. The van der Waals surface area contributed by atoms with Crippen molar-refractivity contribution in [3.05, 3.63) is 41.5 Å². The zero-order valence-corrected chi connectivity index (χ0v) is 23.6. The van der Waals surface area contributed by atoms with Crippen molar-refractivity contribution in [2.45, 2.75) is 116 Å². The van der Waals surface area contributed by atoms with E-state index in [1.54, 1.807) is 6.92 Å². The van der Waals surface area contributed by atoms with Gasteiger partial charge in [0.05, 0.1) is 13.2 Å². The molecule has 2 aliphatic carbocycles. The van der Waals surface area contributed by atoms with Crippen LogP contribution in [0.3, 0.4) is 0 Å². The van der Waals surface area contributed by atoms with E-state index in [1.807, 2.05) is 0 Å². The van der Waals surface area contributed by atoms with Crippen molar-refractivity contribution in [2.75, 3.05) is 19.8 Å². The molecule has 0 atom stereocenters. The van der Waals surface area contributed by atoms with Crippen LogP contribution in [0.1, 0.15) is 121 Å². The zero-order chi connectivity index (χ0) is 26.5. The molecular formula is C33H52O4. The average molecular weight is 513 g/mol. The van der Waals surface area contributed by atoms with E-state index in [0.717, 1.165) is 36.3 Å². The number of hydrogen-bond acceptors (Lipinski definition) is 4. The first-order valence-electron chi connectivity index (χ1n) is 15.2. The fourth-order valence-corrected chi connectivity index (χ4v) is 6.54. The van der Waals surface area contributed by atoms with E-state index in [2.05, 4.69) is 31.7 Å². The summed E-state index contributed by atoms with van der Waals surface area (Å²) in [5.74, 6) is 4.09. The van der Waals surface area contributed by atoms with Crippen molar-refractivity contribution in [2.24, 2.45) is 17.8 Å². The number of carbonyl (C=O) groups excluding carboxylic acids is 1. The molecule has 0 bridgehead atoms. The zero-order valence-electron chi connectivity index (χ0n) is 23.6. The first-order chi connectivity index (χ1) is 18.0. The Kier molecular flexibility index (Phi) is 13.0. The molecule has 0 spiro atoms. The Bertz CT molecular complexity index is 816. The van der Waals surface area contributed by atoms with Gasteiger partial charge in [0.25, 0.3) is 0 Å². The second-order valence-electron chi connectivity index (χ2n) is 11.7. The molecule has 2 aliphatic rings. The molecule has 0 aromatic heterocycles. The predicted octanol–water partition coefficient (Wildman–Crippen LogP) is 8.16. The third kappa shape index (κ3) is 9.78. The van der Waals surface area contributed by atoms with Crippen LogP contribution in [0.2, 0.25) is 0 Å². The van der Waals surface area contributed by atoms with Crippen molar-refractivity contribution in [3.63, 3.8) is 0 Å². The number of benzene rings is 1. The number of esters is 1. The summed E-state index contributed by atoms with van der Waals surface area (Å²) in [5.41, 5.74) is 3.05. The second kappa shape index (κ2) is 16.2. The van der Waals surface area contributed by atoms with E-state index < -0.39 is 0 Å². The minimum Gasteiger partial charge on any atom is -0.493 e. The lowest BCUT2D eigenvalue weighted by atomic mass is 9.68. The summed E-state index contributed by atoms with van der Waals surface area (Å²) >= 11 is 0. The van der Waals surface area contributed by atoms with E-state index in [4.69, 9.17) is 14.6 Å². The van der Waals surface area contributed by atoms with Crippen molar-refractivity contribution in [1.82, 2.24) is 0 Å². The van der Waals surface area contributed by atoms with Crippen LogP contribution in [0.4, 0.5) is 0 Å². The van der Waals surface area contributed by atoms with E-state index in [1.165, 1.54) is 88.2 Å². The normalized spacial score (nSPS) is 24.0. The fourth-order valence-electron chi connectivity index (χ4n) is 6.54. The van der Waals surface area contributed by atoms with Crippen LogP contribution in [0.5, 0.6) is 5.75 Å². The van der Waals surface area contributed by atoms with Crippen LogP contribution in [0.15, 0.2) is 30.4 Å². The largest absolute Gasteiger partial charge is 0.493 e. The van der Waals surface area contributed by atoms with Gasteiger partial charge in [-0.05, 0) is 99.2 Å². The Labute approximate surface area is 226 Å². The maximum atomic E-state index is 11.7. The second-order valence-corrected chi connectivity index (χ2v) is 11.7. The van der Waals surface area contributed by atoms with Crippen LogP contribution in [0.25, 0.3) is 0 Å². The maximum Gasteiger partial charge on any atom is 0.333 e. The van der Waals surface area contributed by atoms with Crippen molar-refractivity contribution in [1.29, 1.82) is 0 Å². The van der Waals surface area contributed by atoms with Gasteiger partial charge in [0.2, 0.25) is 0 Å². The highest BCUT2D eigenvalue weighted by Gasteiger charge is 2.31. The first kappa shape index (κ1) is 29.7. The summed E-state index contributed by atoms with van der Waals surface area (Å²) in [4.78, 5) is 11.7. The minimum atomic E-state index is -0.324. The average Bonchev–Trinajstić information content (AvgIpc) is 2.92. The highest BCUT2D eigenvalue weighted by atomic mass is 16.5. The summed E-state index contributed by atoms with van der Waals surface area (Å²) < 4.78 is 11.3. The molecule has 37 heavy (non-hydrogen) atoms. The molecule has 1 aromatic carbocycles. The van der Waals surface area contributed by atoms with Gasteiger partial charge in [0.1, 0.15) is 5.75 Å². The molecule has 0 heterocycles. The molecule has 0 unspecified atom stereocenters. The van der Waals surface area contributed by atoms with Gasteiger partial charge in [-0.3, -0.25) is 0 Å². The Morgan fingerprint density at radius 2 is 1.65 bits per heavy atom. The Morgan fingerprint density at radius 1 is 0.946 bits per heavy atom. The van der Waals surface area contributed by atoms with Crippen LogP contribution in [-0.2, 0) is 16.0 Å². The van der Waals surface area contributed by atoms with E-state index >= 15 is 0 Å². The number of ether oxygens (including phenoxy) is 2. The molecular weight excluding hydrogens is 460 g/mol. The Balaban J connectivity index is 1.51. The smallest absolute Gasteiger partial charge is 0.333 e.